The van der Waals surface area contributed by atoms with Crippen LogP contribution in [0.1, 0.15) is 52.2 Å². The number of nitrogens with zero attached hydrogens (tertiary/aromatic N) is 2. The molecule has 0 atom stereocenters. The molecule has 0 aliphatic heterocycles. The maximum Gasteiger partial charge on any atom is 0.339 e. The fourth-order valence-electron chi connectivity index (χ4n) is 4.75. The number of nitrogens with one attached hydrogen (secondary N) is 1. The Kier molecular flexibility index (Phi) is 6.64. The molecule has 0 bridgehead atoms. The van der Waals surface area contributed by atoms with Crippen LogP contribution in [0.4, 0.5) is 5.82 Å². The highest BCUT2D eigenvalue weighted by atomic mass is 32.2. The van der Waals surface area contributed by atoms with Crippen molar-refractivity contribution in [3.05, 3.63) is 78.0 Å². The molecule has 0 aliphatic carbocycles. The summed E-state index contributed by atoms with van der Waals surface area (Å²) in [5.74, 6) is 1.03. The minimum atomic E-state index is -4.02. The van der Waals surface area contributed by atoms with Crippen molar-refractivity contribution >= 4 is 21.6 Å². The molecule has 2 aromatic carbocycles. The lowest BCUT2D eigenvalue weighted by Crippen LogP contribution is -2.36. The van der Waals surface area contributed by atoms with E-state index in [1.807, 2.05) is 48.7 Å². The van der Waals surface area contributed by atoms with Crippen LogP contribution in [0.5, 0.6) is 5.75 Å². The van der Waals surface area contributed by atoms with Crippen LogP contribution in [0.15, 0.2) is 71.8 Å². The highest BCUT2D eigenvalue weighted by Crippen LogP contribution is 2.39. The van der Waals surface area contributed by atoms with E-state index >= 15 is 0 Å². The van der Waals surface area contributed by atoms with E-state index < -0.39 is 10.1 Å². The fraction of sp³-hybridized carbons (Fsp3) is 0.345. The minimum Gasteiger partial charge on any atom is -0.378 e. The monoisotopic (exact) mass is 505 g/mol. The zero-order valence-electron chi connectivity index (χ0n) is 22.1. The summed E-state index contributed by atoms with van der Waals surface area (Å²) in [4.78, 5) is 5.03. The van der Waals surface area contributed by atoms with Crippen LogP contribution in [-0.4, -0.2) is 23.3 Å². The summed E-state index contributed by atoms with van der Waals surface area (Å²) in [6, 6.07) is 17.8. The second-order valence-corrected chi connectivity index (χ2v) is 12.9. The second kappa shape index (κ2) is 9.28. The van der Waals surface area contributed by atoms with Gasteiger partial charge < -0.3 is 9.50 Å². The molecular weight excluding hydrogens is 470 g/mol. The predicted molar refractivity (Wildman–Crippen MR) is 146 cm³/mol. The van der Waals surface area contributed by atoms with E-state index in [9.17, 15) is 8.42 Å². The first-order chi connectivity index (χ1) is 16.7. The third-order valence-electron chi connectivity index (χ3n) is 5.86. The quantitative estimate of drug-likeness (QED) is 0.273. The van der Waals surface area contributed by atoms with Crippen molar-refractivity contribution in [3.63, 3.8) is 0 Å². The van der Waals surface area contributed by atoms with Gasteiger partial charge in [0.25, 0.3) is 0 Å². The number of aryl methyl sites for hydroxylation is 2. The molecule has 7 heteroatoms. The topological polar surface area (TPSA) is 72.7 Å². The Morgan fingerprint density at radius 3 is 2.25 bits per heavy atom. The third kappa shape index (κ3) is 5.73. The van der Waals surface area contributed by atoms with Crippen LogP contribution in [0.25, 0.3) is 16.9 Å². The van der Waals surface area contributed by atoms with Gasteiger partial charge in [-0.25, -0.2) is 4.98 Å². The molecule has 0 saturated carbocycles. The molecule has 0 amide bonds. The summed E-state index contributed by atoms with van der Waals surface area (Å²) in [5.41, 5.74) is 3.93. The summed E-state index contributed by atoms with van der Waals surface area (Å²) in [6.45, 7) is 14.9. The third-order valence-corrected chi connectivity index (χ3v) is 7.11. The van der Waals surface area contributed by atoms with Gasteiger partial charge in [0.2, 0.25) is 0 Å². The molecule has 2 heterocycles. The van der Waals surface area contributed by atoms with Crippen LogP contribution >= 0.6 is 0 Å². The summed E-state index contributed by atoms with van der Waals surface area (Å²) < 4.78 is 33.9. The van der Waals surface area contributed by atoms with Crippen LogP contribution < -0.4 is 9.50 Å². The Bertz CT molecular complexity index is 1500. The first-order valence-corrected chi connectivity index (χ1v) is 13.5. The number of anilines is 1. The number of para-hydroxylation sites is 1. The van der Waals surface area contributed by atoms with Crippen LogP contribution in [0, 0.1) is 19.3 Å². The number of hydrogen-bond acceptors (Lipinski definition) is 5. The van der Waals surface area contributed by atoms with Crippen molar-refractivity contribution in [2.75, 3.05) is 5.32 Å². The van der Waals surface area contributed by atoms with E-state index in [2.05, 4.69) is 39.9 Å². The van der Waals surface area contributed by atoms with Crippen molar-refractivity contribution in [3.8, 4) is 17.0 Å². The van der Waals surface area contributed by atoms with Gasteiger partial charge in [-0.15, -0.1) is 0 Å². The summed E-state index contributed by atoms with van der Waals surface area (Å²) >= 11 is 0. The average Bonchev–Trinajstić information content (AvgIpc) is 3.08. The first-order valence-electron chi connectivity index (χ1n) is 12.1. The van der Waals surface area contributed by atoms with Gasteiger partial charge in [-0.05, 0) is 81.5 Å². The number of benzene rings is 2. The number of hydrogen-bond donors (Lipinski definition) is 1. The molecule has 0 radical (unpaired) electrons. The van der Waals surface area contributed by atoms with E-state index in [-0.39, 0.29) is 21.6 Å². The number of imidazole rings is 1. The number of fused-ring (bicyclic) bond motifs is 1. The van der Waals surface area contributed by atoms with Crippen LogP contribution in [0.2, 0.25) is 0 Å². The van der Waals surface area contributed by atoms with Crippen molar-refractivity contribution in [2.45, 2.75) is 65.3 Å². The van der Waals surface area contributed by atoms with Crippen molar-refractivity contribution in [1.82, 2.24) is 9.38 Å². The molecule has 0 spiro atoms. The zero-order chi connectivity index (χ0) is 26.3. The number of pyridine rings is 1. The Balaban J connectivity index is 1.83. The summed E-state index contributed by atoms with van der Waals surface area (Å²) in [6.07, 6.45) is 2.90. The number of aromatic nitrogens is 2. The maximum atomic E-state index is 13.1. The molecule has 190 valence electrons. The van der Waals surface area contributed by atoms with Gasteiger partial charge in [-0.3, -0.25) is 4.40 Å². The average molecular weight is 506 g/mol. The van der Waals surface area contributed by atoms with Gasteiger partial charge in [-0.2, -0.15) is 8.42 Å². The maximum absolute atomic E-state index is 13.1. The molecule has 4 rings (SSSR count). The fourth-order valence-corrected chi connectivity index (χ4v) is 5.70. The molecule has 1 N–H and O–H groups in total. The largest absolute Gasteiger partial charge is 0.378 e. The Labute approximate surface area is 214 Å². The molecule has 6 nitrogen and oxygen atoms in total. The van der Waals surface area contributed by atoms with Gasteiger partial charge in [0.05, 0.1) is 0 Å². The highest BCUT2D eigenvalue weighted by molar-refractivity contribution is 7.87. The minimum absolute atomic E-state index is 0.108. The van der Waals surface area contributed by atoms with E-state index in [4.69, 9.17) is 9.17 Å². The second-order valence-electron chi connectivity index (χ2n) is 11.3. The lowest BCUT2D eigenvalue weighted by Gasteiger charge is -2.34. The van der Waals surface area contributed by atoms with Crippen molar-refractivity contribution < 1.29 is 12.6 Å². The molecule has 0 unspecified atom stereocenters. The Morgan fingerprint density at radius 2 is 1.58 bits per heavy atom. The predicted octanol–water partition coefficient (Wildman–Crippen LogP) is 7.01. The summed E-state index contributed by atoms with van der Waals surface area (Å²) in [5, 5.41) is 3.71. The van der Waals surface area contributed by atoms with Crippen LogP contribution in [0.3, 0.4) is 0 Å². The highest BCUT2D eigenvalue weighted by Gasteiger charge is 2.29. The zero-order valence-corrected chi connectivity index (χ0v) is 22.9. The Hall–Kier alpha value is -3.32. The van der Waals surface area contributed by atoms with Gasteiger partial charge in [0.1, 0.15) is 22.1 Å². The van der Waals surface area contributed by atoms with Gasteiger partial charge >= 0.3 is 10.1 Å². The number of rotatable bonds is 7. The normalized spacial score (nSPS) is 12.6. The molecule has 36 heavy (non-hydrogen) atoms. The van der Waals surface area contributed by atoms with E-state index in [0.29, 0.717) is 11.3 Å². The molecule has 0 aliphatic rings. The van der Waals surface area contributed by atoms with E-state index in [1.165, 1.54) is 0 Å². The molecule has 2 aromatic heterocycles. The van der Waals surface area contributed by atoms with Gasteiger partial charge in [-0.1, -0.05) is 50.6 Å². The lowest BCUT2D eigenvalue weighted by atomic mass is 9.82. The molecule has 0 fully saturated rings. The van der Waals surface area contributed by atoms with Gasteiger partial charge in [0.15, 0.2) is 5.75 Å². The van der Waals surface area contributed by atoms with Crippen molar-refractivity contribution in [1.29, 1.82) is 0 Å². The van der Waals surface area contributed by atoms with E-state index in [1.54, 1.807) is 36.4 Å². The first kappa shape index (κ1) is 25.8. The van der Waals surface area contributed by atoms with Crippen LogP contribution in [-0.2, 0) is 10.1 Å². The molecular formula is C29H35N3O3S. The molecule has 0 saturated heterocycles. The lowest BCUT2D eigenvalue weighted by molar-refractivity contribution is 0.302. The van der Waals surface area contributed by atoms with Crippen molar-refractivity contribution in [2.24, 2.45) is 5.41 Å². The van der Waals surface area contributed by atoms with E-state index in [0.717, 1.165) is 29.0 Å². The smallest absolute Gasteiger partial charge is 0.339 e. The standard InChI is InChI=1S/C29H35N3O3S/c1-20-12-14-22(15-13-20)36(33,34)35-24-11-9-8-10-23(24)26-27(31-29(6,7)19-28(3,4)5)32-17-16-21(2)18-25(32)30-26/h8-18,31H,19H2,1-7H3. The SMILES string of the molecule is Cc1ccc(S(=O)(=O)Oc2ccccc2-c2nc3cc(C)ccn3c2NC(C)(C)CC(C)(C)C)cc1. The molecule has 4 aromatic rings. The summed E-state index contributed by atoms with van der Waals surface area (Å²) in [7, 11) is -4.02. The van der Waals surface area contributed by atoms with Gasteiger partial charge in [0, 0.05) is 17.3 Å². The Morgan fingerprint density at radius 1 is 0.917 bits per heavy atom.